The van der Waals surface area contributed by atoms with Gasteiger partial charge in [0.05, 0.1) is 0 Å². The summed E-state index contributed by atoms with van der Waals surface area (Å²) in [7, 11) is 0. The number of carbonyl (C=O) groups excluding carboxylic acids is 1. The lowest BCUT2D eigenvalue weighted by Gasteiger charge is -2.25. The molecule has 2 N–H and O–H groups in total. The van der Waals surface area contributed by atoms with Crippen molar-refractivity contribution in [2.24, 2.45) is 0 Å². The second-order valence-electron chi connectivity index (χ2n) is 3.76. The third-order valence-electron chi connectivity index (χ3n) is 2.20. The number of amides is 1. The Labute approximate surface area is 99.4 Å². The highest BCUT2D eigenvalue weighted by molar-refractivity contribution is 5.81. The molecule has 1 aromatic rings. The van der Waals surface area contributed by atoms with Crippen molar-refractivity contribution in [1.82, 2.24) is 10.9 Å². The monoisotopic (exact) mass is 234 g/mol. The molecule has 1 amide bonds. The van der Waals surface area contributed by atoms with Gasteiger partial charge in [-0.25, -0.2) is 0 Å². The van der Waals surface area contributed by atoms with Crippen LogP contribution in [0.15, 0.2) is 36.5 Å². The second kappa shape index (κ2) is 4.78. The van der Waals surface area contributed by atoms with Crippen molar-refractivity contribution in [2.45, 2.75) is 13.0 Å². The fourth-order valence-electron chi connectivity index (χ4n) is 1.40. The molecule has 1 aliphatic heterocycles. The first-order valence-electron chi connectivity index (χ1n) is 5.26. The van der Waals surface area contributed by atoms with E-state index in [9.17, 15) is 4.79 Å². The van der Waals surface area contributed by atoms with Crippen molar-refractivity contribution in [3.05, 3.63) is 36.5 Å². The number of nitrogens with one attached hydrogen (secondary N) is 2. The van der Waals surface area contributed by atoms with E-state index in [0.29, 0.717) is 17.2 Å². The molecule has 2 rings (SSSR count). The van der Waals surface area contributed by atoms with Crippen LogP contribution in [0.25, 0.3) is 0 Å². The van der Waals surface area contributed by atoms with Gasteiger partial charge >= 0.3 is 0 Å². The van der Waals surface area contributed by atoms with E-state index in [4.69, 9.17) is 9.47 Å². The van der Waals surface area contributed by atoms with Crippen molar-refractivity contribution >= 4 is 5.91 Å². The van der Waals surface area contributed by atoms with Crippen LogP contribution in [0.1, 0.15) is 6.92 Å². The number of benzene rings is 1. The van der Waals surface area contributed by atoms with Crippen LogP contribution in [0, 0.1) is 0 Å². The number of rotatable bonds is 3. The maximum absolute atomic E-state index is 11.7. The Morgan fingerprint density at radius 3 is 2.76 bits per heavy atom. The predicted molar refractivity (Wildman–Crippen MR) is 62.4 cm³/mol. The maximum atomic E-state index is 11.7. The first-order chi connectivity index (χ1) is 8.16. The van der Waals surface area contributed by atoms with Gasteiger partial charge < -0.3 is 14.9 Å². The van der Waals surface area contributed by atoms with E-state index in [1.807, 2.05) is 12.1 Å². The molecule has 90 valence electrons. The topological polar surface area (TPSA) is 59.6 Å². The van der Waals surface area contributed by atoms with Crippen LogP contribution in [0.5, 0.6) is 11.5 Å². The van der Waals surface area contributed by atoms with E-state index in [-0.39, 0.29) is 12.5 Å². The maximum Gasteiger partial charge on any atom is 0.282 e. The minimum absolute atomic E-state index is 0.195. The number of carbonyl (C=O) groups is 1. The van der Waals surface area contributed by atoms with Crippen LogP contribution in [0.4, 0.5) is 0 Å². The number of para-hydroxylation sites is 2. The van der Waals surface area contributed by atoms with Crippen LogP contribution >= 0.6 is 0 Å². The molecular formula is C12H14N2O3. The molecule has 0 saturated carbocycles. The molecular weight excluding hydrogens is 220 g/mol. The summed E-state index contributed by atoms with van der Waals surface area (Å²) in [4.78, 5) is 11.7. The molecule has 0 fully saturated rings. The smallest absolute Gasteiger partial charge is 0.282 e. The SMILES string of the molecule is C=C(C)NNC(=O)[C@@H]1COc2ccccc2O1. The zero-order valence-electron chi connectivity index (χ0n) is 9.53. The average Bonchev–Trinajstić information content (AvgIpc) is 2.35. The first kappa shape index (κ1) is 11.3. The van der Waals surface area contributed by atoms with Gasteiger partial charge in [-0.15, -0.1) is 0 Å². The molecule has 0 radical (unpaired) electrons. The van der Waals surface area contributed by atoms with Crippen molar-refractivity contribution in [2.75, 3.05) is 6.61 Å². The summed E-state index contributed by atoms with van der Waals surface area (Å²) in [6.45, 7) is 5.55. The van der Waals surface area contributed by atoms with E-state index in [1.165, 1.54) is 0 Å². The van der Waals surface area contributed by atoms with Crippen LogP contribution < -0.4 is 20.3 Å². The normalized spacial score (nSPS) is 17.1. The number of ether oxygens (including phenoxy) is 2. The van der Waals surface area contributed by atoms with Gasteiger partial charge in [0, 0.05) is 5.70 Å². The lowest BCUT2D eigenvalue weighted by Crippen LogP contribution is -2.48. The van der Waals surface area contributed by atoms with Crippen molar-refractivity contribution in [3.63, 3.8) is 0 Å². The molecule has 0 spiro atoms. The Bertz CT molecular complexity index is 445. The quantitative estimate of drug-likeness (QED) is 0.765. The van der Waals surface area contributed by atoms with Gasteiger partial charge in [0.15, 0.2) is 11.5 Å². The Kier molecular flexibility index (Phi) is 3.18. The van der Waals surface area contributed by atoms with Crippen LogP contribution in [0.2, 0.25) is 0 Å². The Morgan fingerprint density at radius 1 is 1.35 bits per heavy atom. The highest BCUT2D eigenvalue weighted by Gasteiger charge is 2.26. The number of hydrazine groups is 1. The second-order valence-corrected chi connectivity index (χ2v) is 3.76. The van der Waals surface area contributed by atoms with Gasteiger partial charge in [-0.2, -0.15) is 0 Å². The molecule has 0 unspecified atom stereocenters. The molecule has 0 saturated heterocycles. The number of hydrogen-bond acceptors (Lipinski definition) is 4. The summed E-state index contributed by atoms with van der Waals surface area (Å²) in [5.41, 5.74) is 5.77. The average molecular weight is 234 g/mol. The summed E-state index contributed by atoms with van der Waals surface area (Å²) >= 11 is 0. The highest BCUT2D eigenvalue weighted by Crippen LogP contribution is 2.30. The number of hydrogen-bond donors (Lipinski definition) is 2. The first-order valence-corrected chi connectivity index (χ1v) is 5.26. The Balaban J connectivity index is 1.97. The van der Waals surface area contributed by atoms with Crippen LogP contribution in [0.3, 0.4) is 0 Å². The van der Waals surface area contributed by atoms with Gasteiger partial charge in [0.25, 0.3) is 5.91 Å². The minimum atomic E-state index is -0.656. The summed E-state index contributed by atoms with van der Waals surface area (Å²) in [5, 5.41) is 0. The van der Waals surface area contributed by atoms with Gasteiger partial charge in [-0.3, -0.25) is 10.2 Å². The number of allylic oxidation sites excluding steroid dienone is 1. The lowest BCUT2D eigenvalue weighted by molar-refractivity contribution is -0.131. The summed E-state index contributed by atoms with van der Waals surface area (Å²) in [6, 6.07) is 7.25. The van der Waals surface area contributed by atoms with E-state index < -0.39 is 6.10 Å². The van der Waals surface area contributed by atoms with Gasteiger partial charge in [-0.05, 0) is 19.1 Å². The zero-order valence-corrected chi connectivity index (χ0v) is 9.53. The molecule has 1 aliphatic rings. The fraction of sp³-hybridized carbons (Fsp3) is 0.250. The van der Waals surface area contributed by atoms with Gasteiger partial charge in [0.2, 0.25) is 6.10 Å². The molecule has 1 heterocycles. The van der Waals surface area contributed by atoms with Crippen LogP contribution in [-0.4, -0.2) is 18.6 Å². The third kappa shape index (κ3) is 2.69. The summed E-state index contributed by atoms with van der Waals surface area (Å²) in [6.07, 6.45) is -0.656. The lowest BCUT2D eigenvalue weighted by atomic mass is 10.2. The molecule has 5 nitrogen and oxygen atoms in total. The van der Waals surface area contributed by atoms with Crippen molar-refractivity contribution < 1.29 is 14.3 Å². The van der Waals surface area contributed by atoms with E-state index >= 15 is 0 Å². The summed E-state index contributed by atoms with van der Waals surface area (Å²) in [5.74, 6) is 0.945. The molecule has 1 atom stereocenters. The molecule has 5 heteroatoms. The van der Waals surface area contributed by atoms with Crippen LogP contribution in [-0.2, 0) is 4.79 Å². The predicted octanol–water partition coefficient (Wildman–Crippen LogP) is 0.981. The molecule has 1 aromatic carbocycles. The third-order valence-corrected chi connectivity index (χ3v) is 2.20. The standard InChI is InChI=1S/C12H14N2O3/c1-8(2)13-14-12(15)11-7-16-9-5-3-4-6-10(9)17-11/h3-6,11,13H,1,7H2,2H3,(H,14,15)/t11-/m0/s1. The largest absolute Gasteiger partial charge is 0.485 e. The van der Waals surface area contributed by atoms with E-state index in [2.05, 4.69) is 17.4 Å². The van der Waals surface area contributed by atoms with Crippen molar-refractivity contribution in [3.8, 4) is 11.5 Å². The highest BCUT2D eigenvalue weighted by atomic mass is 16.6. The van der Waals surface area contributed by atoms with Gasteiger partial charge in [-0.1, -0.05) is 18.7 Å². The molecule has 0 bridgehead atoms. The fourth-order valence-corrected chi connectivity index (χ4v) is 1.40. The van der Waals surface area contributed by atoms with Gasteiger partial charge in [0.1, 0.15) is 6.61 Å². The Hall–Kier alpha value is -2.17. The molecule has 0 aliphatic carbocycles. The molecule has 17 heavy (non-hydrogen) atoms. The number of fused-ring (bicyclic) bond motifs is 1. The Morgan fingerprint density at radius 2 is 2.06 bits per heavy atom. The van der Waals surface area contributed by atoms with E-state index in [0.717, 1.165) is 0 Å². The van der Waals surface area contributed by atoms with E-state index in [1.54, 1.807) is 19.1 Å². The zero-order chi connectivity index (χ0) is 12.3. The minimum Gasteiger partial charge on any atom is -0.485 e. The molecule has 0 aromatic heterocycles. The summed E-state index contributed by atoms with van der Waals surface area (Å²) < 4.78 is 10.9. The van der Waals surface area contributed by atoms with Crippen molar-refractivity contribution in [1.29, 1.82) is 0 Å².